The van der Waals surface area contributed by atoms with E-state index in [-0.39, 0.29) is 12.4 Å². The molecule has 1 heterocycles. The number of esters is 1. The van der Waals surface area contributed by atoms with Crippen LogP contribution in [0.25, 0.3) is 0 Å². The summed E-state index contributed by atoms with van der Waals surface area (Å²) in [6.45, 7) is -0.105. The highest BCUT2D eigenvalue weighted by Gasteiger charge is 2.17. The topological polar surface area (TPSA) is 69.7 Å². The number of cyclic esters (lactones) is 1. The van der Waals surface area contributed by atoms with Crippen molar-refractivity contribution in [2.45, 2.75) is 0 Å². The van der Waals surface area contributed by atoms with Gasteiger partial charge in [0, 0.05) is 0 Å². The molecule has 0 aromatic heterocycles. The lowest BCUT2D eigenvalue weighted by Gasteiger charge is -1.99. The molecule has 6 heteroatoms. The Morgan fingerprint density at radius 2 is 2.27 bits per heavy atom. The molecule has 11 heavy (non-hydrogen) atoms. The fraction of sp³-hybridized carbons (Fsp3) is 0.400. The summed E-state index contributed by atoms with van der Waals surface area (Å²) in [6, 6.07) is 0. The number of ether oxygens (including phenoxy) is 1. The fourth-order valence-corrected chi connectivity index (χ4v) is 1.08. The summed E-state index contributed by atoms with van der Waals surface area (Å²) < 4.78 is 29.7. The largest absolute Gasteiger partial charge is 0.454 e. The van der Waals surface area contributed by atoms with Crippen molar-refractivity contribution in [1.82, 2.24) is 0 Å². The van der Waals surface area contributed by atoms with Crippen LogP contribution in [0, 0.1) is 0 Å². The zero-order chi connectivity index (χ0) is 8.48. The van der Waals surface area contributed by atoms with Gasteiger partial charge < -0.3 is 8.92 Å². The zero-order valence-electron chi connectivity index (χ0n) is 5.73. The summed E-state index contributed by atoms with van der Waals surface area (Å²) in [5.41, 5.74) is 0. The highest BCUT2D eigenvalue weighted by molar-refractivity contribution is 7.86. The van der Waals surface area contributed by atoms with Crippen molar-refractivity contribution in [3.8, 4) is 0 Å². The summed E-state index contributed by atoms with van der Waals surface area (Å²) >= 11 is 0. The number of hydrogen-bond acceptors (Lipinski definition) is 5. The second-order valence-corrected chi connectivity index (χ2v) is 3.58. The van der Waals surface area contributed by atoms with Crippen LogP contribution >= 0.6 is 0 Å². The number of carbonyl (C=O) groups excluding carboxylic acids is 1. The van der Waals surface area contributed by atoms with E-state index >= 15 is 0 Å². The molecule has 0 spiro atoms. The van der Waals surface area contributed by atoms with Crippen LogP contribution in [0.3, 0.4) is 0 Å². The molecule has 0 saturated carbocycles. The van der Waals surface area contributed by atoms with Gasteiger partial charge in [0.25, 0.3) is 0 Å². The van der Waals surface area contributed by atoms with Gasteiger partial charge in [-0.2, -0.15) is 8.42 Å². The fourth-order valence-electron chi connectivity index (χ4n) is 0.600. The van der Waals surface area contributed by atoms with E-state index in [4.69, 9.17) is 0 Å². The molecule has 0 amide bonds. The first kappa shape index (κ1) is 8.06. The lowest BCUT2D eigenvalue weighted by Crippen LogP contribution is -2.03. The number of carbonyl (C=O) groups is 1. The Morgan fingerprint density at radius 3 is 2.64 bits per heavy atom. The molecular weight excluding hydrogens is 172 g/mol. The number of rotatable bonds is 2. The molecular formula is C5H6O5S. The SMILES string of the molecule is CS(=O)(=O)OC1=CC(=O)OC1. The van der Waals surface area contributed by atoms with Crippen molar-refractivity contribution >= 4 is 16.1 Å². The van der Waals surface area contributed by atoms with Gasteiger partial charge in [-0.1, -0.05) is 0 Å². The second kappa shape index (κ2) is 2.54. The molecule has 0 bridgehead atoms. The van der Waals surface area contributed by atoms with Gasteiger partial charge in [0.05, 0.1) is 12.3 Å². The minimum absolute atomic E-state index is 0.0255. The van der Waals surface area contributed by atoms with Crippen LogP contribution < -0.4 is 0 Å². The van der Waals surface area contributed by atoms with Crippen LogP contribution in [0.4, 0.5) is 0 Å². The minimum atomic E-state index is -3.53. The smallest absolute Gasteiger partial charge is 0.334 e. The predicted octanol–water partition coefficient (Wildman–Crippen LogP) is -0.597. The van der Waals surface area contributed by atoms with Crippen LogP contribution in [0.2, 0.25) is 0 Å². The molecule has 0 aromatic carbocycles. The van der Waals surface area contributed by atoms with Crippen LogP contribution in [-0.2, 0) is 23.8 Å². The monoisotopic (exact) mass is 178 g/mol. The molecule has 1 aliphatic rings. The molecule has 0 aliphatic carbocycles. The van der Waals surface area contributed by atoms with E-state index in [1.165, 1.54) is 0 Å². The number of hydrogen-bond donors (Lipinski definition) is 0. The van der Waals surface area contributed by atoms with Crippen LogP contribution in [0.15, 0.2) is 11.8 Å². The van der Waals surface area contributed by atoms with Gasteiger partial charge in [-0.15, -0.1) is 0 Å². The predicted molar refractivity (Wildman–Crippen MR) is 35.0 cm³/mol. The second-order valence-electron chi connectivity index (χ2n) is 2.01. The van der Waals surface area contributed by atoms with Gasteiger partial charge in [-0.25, -0.2) is 4.79 Å². The first-order valence-corrected chi connectivity index (χ1v) is 4.56. The Balaban J connectivity index is 2.66. The standard InChI is InChI=1S/C5H6O5S/c1-11(7,8)10-4-2-5(6)9-3-4/h2H,3H2,1H3. The summed E-state index contributed by atoms with van der Waals surface area (Å²) in [5, 5.41) is 0. The summed E-state index contributed by atoms with van der Waals surface area (Å²) in [7, 11) is -3.53. The van der Waals surface area contributed by atoms with E-state index in [1.54, 1.807) is 0 Å². The molecule has 0 saturated heterocycles. The molecule has 62 valence electrons. The average molecular weight is 178 g/mol. The molecule has 1 rings (SSSR count). The van der Waals surface area contributed by atoms with Gasteiger partial charge in [-0.3, -0.25) is 0 Å². The summed E-state index contributed by atoms with van der Waals surface area (Å²) in [5.74, 6) is -0.554. The van der Waals surface area contributed by atoms with E-state index in [0.717, 1.165) is 12.3 Å². The minimum Gasteiger partial charge on any atom is -0.454 e. The zero-order valence-corrected chi connectivity index (χ0v) is 6.55. The summed E-state index contributed by atoms with van der Waals surface area (Å²) in [4.78, 5) is 10.4. The van der Waals surface area contributed by atoms with Crippen LogP contribution in [-0.4, -0.2) is 27.2 Å². The Morgan fingerprint density at radius 1 is 1.64 bits per heavy atom. The Bertz CT molecular complexity index is 299. The van der Waals surface area contributed by atoms with E-state index in [9.17, 15) is 13.2 Å². The molecule has 0 aromatic rings. The third-order valence-corrected chi connectivity index (χ3v) is 1.41. The van der Waals surface area contributed by atoms with Crippen molar-refractivity contribution in [3.63, 3.8) is 0 Å². The molecule has 5 nitrogen and oxygen atoms in total. The molecule has 0 atom stereocenters. The van der Waals surface area contributed by atoms with Crippen LogP contribution in [0.1, 0.15) is 0 Å². The Kier molecular flexibility index (Phi) is 1.86. The highest BCUT2D eigenvalue weighted by atomic mass is 32.2. The maximum atomic E-state index is 10.5. The van der Waals surface area contributed by atoms with Gasteiger partial charge in [0.1, 0.15) is 0 Å². The maximum absolute atomic E-state index is 10.5. The lowest BCUT2D eigenvalue weighted by atomic mass is 10.5. The van der Waals surface area contributed by atoms with Crippen molar-refractivity contribution in [1.29, 1.82) is 0 Å². The van der Waals surface area contributed by atoms with E-state index in [0.29, 0.717) is 0 Å². The van der Waals surface area contributed by atoms with Crippen molar-refractivity contribution in [3.05, 3.63) is 11.8 Å². The third kappa shape index (κ3) is 2.58. The van der Waals surface area contributed by atoms with E-state index in [1.807, 2.05) is 0 Å². The first-order valence-electron chi connectivity index (χ1n) is 2.74. The molecule has 0 fully saturated rings. The normalized spacial score (nSPS) is 17.5. The maximum Gasteiger partial charge on any atom is 0.334 e. The molecule has 0 N–H and O–H groups in total. The Labute approximate surface area is 63.7 Å². The summed E-state index contributed by atoms with van der Waals surface area (Å²) in [6.07, 6.45) is 1.90. The Hall–Kier alpha value is -1.04. The van der Waals surface area contributed by atoms with E-state index < -0.39 is 16.1 Å². The van der Waals surface area contributed by atoms with Crippen molar-refractivity contribution < 1.29 is 22.1 Å². The average Bonchev–Trinajstić information content (AvgIpc) is 2.10. The quantitative estimate of drug-likeness (QED) is 0.417. The molecule has 0 radical (unpaired) electrons. The van der Waals surface area contributed by atoms with Gasteiger partial charge in [0.2, 0.25) is 0 Å². The van der Waals surface area contributed by atoms with Crippen LogP contribution in [0.5, 0.6) is 0 Å². The lowest BCUT2D eigenvalue weighted by molar-refractivity contribution is -0.135. The third-order valence-electron chi connectivity index (χ3n) is 0.894. The van der Waals surface area contributed by atoms with Crippen molar-refractivity contribution in [2.75, 3.05) is 12.9 Å². The molecule has 1 aliphatic heterocycles. The highest BCUT2D eigenvalue weighted by Crippen LogP contribution is 2.09. The molecule has 0 unspecified atom stereocenters. The van der Waals surface area contributed by atoms with Crippen molar-refractivity contribution in [2.24, 2.45) is 0 Å². The van der Waals surface area contributed by atoms with Gasteiger partial charge in [-0.05, 0) is 0 Å². The van der Waals surface area contributed by atoms with Gasteiger partial charge >= 0.3 is 16.1 Å². The first-order chi connectivity index (χ1) is 4.97. The van der Waals surface area contributed by atoms with E-state index in [2.05, 4.69) is 8.92 Å². The van der Waals surface area contributed by atoms with Gasteiger partial charge in [0.15, 0.2) is 12.4 Å².